The van der Waals surface area contributed by atoms with E-state index in [0.717, 1.165) is 35.8 Å². The normalized spacial score (nSPS) is 10.5. The van der Waals surface area contributed by atoms with Crippen molar-refractivity contribution in [1.82, 2.24) is 0 Å². The molecule has 0 unspecified atom stereocenters. The fourth-order valence-electron chi connectivity index (χ4n) is 4.40. The molecule has 1 nitrogen and oxygen atoms in total. The zero-order chi connectivity index (χ0) is 26.6. The summed E-state index contributed by atoms with van der Waals surface area (Å²) in [5, 5.41) is 0. The Labute approximate surface area is 225 Å². The zero-order valence-corrected chi connectivity index (χ0v) is 23.4. The summed E-state index contributed by atoms with van der Waals surface area (Å²) in [5.74, 6) is 0.898. The van der Waals surface area contributed by atoms with Gasteiger partial charge in [-0.25, -0.2) is 0 Å². The van der Waals surface area contributed by atoms with Gasteiger partial charge in [0.05, 0.1) is 0 Å². The van der Waals surface area contributed by atoms with Crippen molar-refractivity contribution in [3.63, 3.8) is 0 Å². The van der Waals surface area contributed by atoms with Crippen molar-refractivity contribution in [2.24, 2.45) is 5.92 Å². The predicted molar refractivity (Wildman–Crippen MR) is 163 cm³/mol. The molecule has 0 aliphatic rings. The number of aryl methyl sites for hydroxylation is 2. The Kier molecular flexibility index (Phi) is 10.8. The number of allylic oxidation sites excluding steroid dienone is 1. The first-order valence-electron chi connectivity index (χ1n) is 13.6. The maximum absolute atomic E-state index is 4.32. The molecular formula is C36H43N. The van der Waals surface area contributed by atoms with Crippen LogP contribution in [0.2, 0.25) is 0 Å². The maximum Gasteiger partial charge on any atom is 0.0461 e. The van der Waals surface area contributed by atoms with Crippen LogP contribution in [0.4, 0.5) is 17.1 Å². The van der Waals surface area contributed by atoms with Crippen LogP contribution in [0.3, 0.4) is 0 Å². The summed E-state index contributed by atoms with van der Waals surface area (Å²) in [4.78, 5) is 2.30. The van der Waals surface area contributed by atoms with Gasteiger partial charge in [0.15, 0.2) is 0 Å². The van der Waals surface area contributed by atoms with Gasteiger partial charge >= 0.3 is 0 Å². The lowest BCUT2D eigenvalue weighted by Gasteiger charge is -2.25. The molecule has 1 heteroatoms. The molecule has 0 atom stereocenters. The average molecular weight is 490 g/mol. The second-order valence-corrected chi connectivity index (χ2v) is 10.4. The number of anilines is 3. The van der Waals surface area contributed by atoms with Gasteiger partial charge in [-0.15, -0.1) is 0 Å². The molecule has 0 aromatic heterocycles. The van der Waals surface area contributed by atoms with Crippen molar-refractivity contribution < 1.29 is 0 Å². The first-order valence-corrected chi connectivity index (χ1v) is 13.6. The maximum atomic E-state index is 4.32. The van der Waals surface area contributed by atoms with Crippen LogP contribution in [0.15, 0.2) is 115 Å². The molecule has 4 aromatic carbocycles. The van der Waals surface area contributed by atoms with Crippen molar-refractivity contribution in [2.45, 2.75) is 60.3 Å². The van der Waals surface area contributed by atoms with Gasteiger partial charge < -0.3 is 4.90 Å². The molecule has 0 amide bonds. The Morgan fingerprint density at radius 3 is 1.46 bits per heavy atom. The molecule has 192 valence electrons. The standard InChI is InChI=1S/C30H29N.C6H14/c1-23-9-13-26(14-10-23)21-25(3)22-27-15-19-30(20-16-27)31(28-7-5-4-6-8-28)29-17-11-24(2)12-18-29;1-4-5-6(2)3/h4-20H,3,21-22H2,1-2H3;6H,4-5H2,1-3H3. The van der Waals surface area contributed by atoms with Gasteiger partial charge in [0.2, 0.25) is 0 Å². The highest BCUT2D eigenvalue weighted by Gasteiger charge is 2.12. The molecular weight excluding hydrogens is 446 g/mol. The largest absolute Gasteiger partial charge is 0.311 e. The molecule has 0 bridgehead atoms. The molecule has 0 aliphatic heterocycles. The van der Waals surface area contributed by atoms with Crippen LogP contribution in [0.1, 0.15) is 55.9 Å². The van der Waals surface area contributed by atoms with Gasteiger partial charge in [-0.2, -0.15) is 0 Å². The number of hydrogen-bond acceptors (Lipinski definition) is 1. The highest BCUT2D eigenvalue weighted by molar-refractivity contribution is 5.76. The van der Waals surface area contributed by atoms with Gasteiger partial charge in [-0.3, -0.25) is 0 Å². The highest BCUT2D eigenvalue weighted by atomic mass is 15.1. The van der Waals surface area contributed by atoms with Gasteiger partial charge in [0, 0.05) is 17.1 Å². The van der Waals surface area contributed by atoms with Crippen LogP contribution in [0.25, 0.3) is 0 Å². The molecule has 0 spiro atoms. The number of para-hydroxylation sites is 1. The van der Waals surface area contributed by atoms with Gasteiger partial charge in [0.1, 0.15) is 0 Å². The molecule has 0 saturated heterocycles. The van der Waals surface area contributed by atoms with Crippen LogP contribution < -0.4 is 4.90 Å². The third kappa shape index (κ3) is 9.10. The minimum Gasteiger partial charge on any atom is -0.311 e. The molecule has 37 heavy (non-hydrogen) atoms. The first kappa shape index (κ1) is 28.0. The van der Waals surface area contributed by atoms with Crippen molar-refractivity contribution in [3.8, 4) is 0 Å². The summed E-state index contributed by atoms with van der Waals surface area (Å²) in [5.41, 5.74) is 9.87. The summed E-state index contributed by atoms with van der Waals surface area (Å²) in [6.07, 6.45) is 4.52. The van der Waals surface area contributed by atoms with E-state index in [9.17, 15) is 0 Å². The minimum absolute atomic E-state index is 0.893. The van der Waals surface area contributed by atoms with Crippen molar-refractivity contribution >= 4 is 17.1 Å². The van der Waals surface area contributed by atoms with Crippen LogP contribution >= 0.6 is 0 Å². The SMILES string of the molecule is C=C(Cc1ccc(C)cc1)Cc1ccc(N(c2ccccc2)c2ccc(C)cc2)cc1.CCCC(C)C. The lowest BCUT2D eigenvalue weighted by Crippen LogP contribution is -2.09. The first-order chi connectivity index (χ1) is 17.9. The van der Waals surface area contributed by atoms with Crippen LogP contribution in [-0.2, 0) is 12.8 Å². The highest BCUT2D eigenvalue weighted by Crippen LogP contribution is 2.34. The van der Waals surface area contributed by atoms with Crippen molar-refractivity contribution in [3.05, 3.63) is 138 Å². The zero-order valence-electron chi connectivity index (χ0n) is 23.4. The van der Waals surface area contributed by atoms with Gasteiger partial charge in [-0.05, 0) is 80.1 Å². The van der Waals surface area contributed by atoms with Crippen LogP contribution in [-0.4, -0.2) is 0 Å². The predicted octanol–water partition coefficient (Wildman–Crippen LogP) is 10.6. The average Bonchev–Trinajstić information content (AvgIpc) is 2.89. The molecule has 0 saturated carbocycles. The second kappa shape index (κ2) is 14.2. The summed E-state index contributed by atoms with van der Waals surface area (Å²) < 4.78 is 0. The van der Waals surface area contributed by atoms with E-state index < -0.39 is 0 Å². The number of hydrogen-bond donors (Lipinski definition) is 0. The van der Waals surface area contributed by atoms with E-state index in [-0.39, 0.29) is 0 Å². The fourth-order valence-corrected chi connectivity index (χ4v) is 4.40. The Balaban J connectivity index is 0.000000568. The molecule has 0 heterocycles. The lowest BCUT2D eigenvalue weighted by atomic mass is 9.99. The minimum atomic E-state index is 0.893. The smallest absolute Gasteiger partial charge is 0.0461 e. The van der Waals surface area contributed by atoms with E-state index in [1.54, 1.807) is 0 Å². The number of nitrogens with zero attached hydrogens (tertiary/aromatic N) is 1. The lowest BCUT2D eigenvalue weighted by molar-refractivity contribution is 0.576. The van der Waals surface area contributed by atoms with Crippen molar-refractivity contribution in [1.29, 1.82) is 0 Å². The van der Waals surface area contributed by atoms with Gasteiger partial charge in [0.25, 0.3) is 0 Å². The van der Waals surface area contributed by atoms with E-state index in [0.29, 0.717) is 0 Å². The Morgan fingerprint density at radius 1 is 0.622 bits per heavy atom. The Bertz CT molecular complexity index is 1200. The third-order valence-electron chi connectivity index (χ3n) is 6.40. The quantitative estimate of drug-likeness (QED) is 0.211. The fraction of sp³-hybridized carbons (Fsp3) is 0.278. The van der Waals surface area contributed by atoms with E-state index in [4.69, 9.17) is 0 Å². The molecule has 0 aliphatic carbocycles. The molecule has 0 radical (unpaired) electrons. The van der Waals surface area contributed by atoms with E-state index in [1.807, 2.05) is 0 Å². The number of benzene rings is 4. The van der Waals surface area contributed by atoms with Crippen LogP contribution in [0, 0.1) is 19.8 Å². The molecule has 0 fully saturated rings. The summed E-state index contributed by atoms with van der Waals surface area (Å²) in [6.45, 7) is 15.3. The molecule has 4 rings (SSSR count). The summed E-state index contributed by atoms with van der Waals surface area (Å²) >= 11 is 0. The Hall–Kier alpha value is -3.58. The van der Waals surface area contributed by atoms with Crippen molar-refractivity contribution in [2.75, 3.05) is 4.90 Å². The van der Waals surface area contributed by atoms with Gasteiger partial charge in [-0.1, -0.05) is 124 Å². The topological polar surface area (TPSA) is 3.24 Å². The number of rotatable bonds is 9. The monoisotopic (exact) mass is 489 g/mol. The second-order valence-electron chi connectivity index (χ2n) is 10.4. The van der Waals surface area contributed by atoms with E-state index in [1.165, 1.54) is 40.7 Å². The van der Waals surface area contributed by atoms with E-state index >= 15 is 0 Å². The summed E-state index contributed by atoms with van der Waals surface area (Å²) in [6, 6.07) is 36.8. The molecule has 4 aromatic rings. The Morgan fingerprint density at radius 2 is 1.03 bits per heavy atom. The summed E-state index contributed by atoms with van der Waals surface area (Å²) in [7, 11) is 0. The third-order valence-corrected chi connectivity index (χ3v) is 6.40. The molecule has 0 N–H and O–H groups in total. The van der Waals surface area contributed by atoms with Crippen LogP contribution in [0.5, 0.6) is 0 Å². The van der Waals surface area contributed by atoms with E-state index in [2.05, 4.69) is 149 Å².